The van der Waals surface area contributed by atoms with Crippen LogP contribution in [0.1, 0.15) is 34.3 Å². The molecule has 1 aromatic carbocycles. The molecule has 1 rings (SSSR count). The molecule has 3 N–H and O–H groups in total. The Hall–Kier alpha value is -1.84. The summed E-state index contributed by atoms with van der Waals surface area (Å²) in [6.45, 7) is 3.62. The molecule has 0 saturated heterocycles. The van der Waals surface area contributed by atoms with Crippen molar-refractivity contribution in [3.63, 3.8) is 0 Å². The van der Waals surface area contributed by atoms with E-state index in [9.17, 15) is 9.59 Å². The smallest absolute Gasteiger partial charge is 0.249 e. The van der Waals surface area contributed by atoms with Gasteiger partial charge in [-0.05, 0) is 25.5 Å². The number of nitrogens with two attached hydrogens (primary N) is 1. The standard InChI is InChI=1S/C12H16N2O2/c1-7-4-5-9(8(2)12(16)14-3)10(6-7)11(13)15/h4-6,8H,1-3H3,(H2,13,15)(H,14,16)/t8-/m0/s1. The predicted molar refractivity (Wildman–Crippen MR) is 62.2 cm³/mol. The first kappa shape index (κ1) is 12.2. The summed E-state index contributed by atoms with van der Waals surface area (Å²) in [5.41, 5.74) is 7.32. The summed E-state index contributed by atoms with van der Waals surface area (Å²) in [5.74, 6) is -1.02. The van der Waals surface area contributed by atoms with Gasteiger partial charge in [0.25, 0.3) is 0 Å². The normalized spacial score (nSPS) is 11.9. The van der Waals surface area contributed by atoms with Crippen LogP contribution in [-0.2, 0) is 4.79 Å². The molecule has 0 fully saturated rings. The van der Waals surface area contributed by atoms with Crippen molar-refractivity contribution >= 4 is 11.8 Å². The summed E-state index contributed by atoms with van der Waals surface area (Å²) in [6.07, 6.45) is 0. The first-order valence-electron chi connectivity index (χ1n) is 5.09. The first-order chi connectivity index (χ1) is 7.47. The number of benzene rings is 1. The van der Waals surface area contributed by atoms with Crippen molar-refractivity contribution in [1.82, 2.24) is 5.32 Å². The van der Waals surface area contributed by atoms with Crippen molar-refractivity contribution in [2.24, 2.45) is 5.73 Å². The second-order valence-electron chi connectivity index (χ2n) is 3.79. The van der Waals surface area contributed by atoms with E-state index in [0.717, 1.165) is 5.56 Å². The number of hydrogen-bond acceptors (Lipinski definition) is 2. The lowest BCUT2D eigenvalue weighted by atomic mass is 9.93. The van der Waals surface area contributed by atoms with E-state index in [1.807, 2.05) is 13.0 Å². The number of carbonyl (C=O) groups excluding carboxylic acids is 2. The van der Waals surface area contributed by atoms with Crippen LogP contribution in [0.2, 0.25) is 0 Å². The van der Waals surface area contributed by atoms with Crippen LogP contribution in [-0.4, -0.2) is 18.9 Å². The van der Waals surface area contributed by atoms with Gasteiger partial charge in [0, 0.05) is 12.6 Å². The van der Waals surface area contributed by atoms with Crippen molar-refractivity contribution < 1.29 is 9.59 Å². The van der Waals surface area contributed by atoms with Crippen LogP contribution in [0.25, 0.3) is 0 Å². The van der Waals surface area contributed by atoms with Crippen LogP contribution >= 0.6 is 0 Å². The van der Waals surface area contributed by atoms with Gasteiger partial charge in [-0.25, -0.2) is 0 Å². The Morgan fingerprint density at radius 2 is 2.00 bits per heavy atom. The third-order valence-corrected chi connectivity index (χ3v) is 2.58. The molecule has 1 aromatic rings. The van der Waals surface area contributed by atoms with Crippen molar-refractivity contribution in [3.8, 4) is 0 Å². The van der Waals surface area contributed by atoms with E-state index >= 15 is 0 Å². The Bertz CT molecular complexity index is 427. The maximum absolute atomic E-state index is 11.5. The molecule has 0 heterocycles. The van der Waals surface area contributed by atoms with Crippen LogP contribution in [0.4, 0.5) is 0 Å². The highest BCUT2D eigenvalue weighted by Crippen LogP contribution is 2.21. The van der Waals surface area contributed by atoms with Crippen LogP contribution in [0, 0.1) is 6.92 Å². The van der Waals surface area contributed by atoms with Crippen molar-refractivity contribution in [3.05, 3.63) is 34.9 Å². The molecular formula is C12H16N2O2. The van der Waals surface area contributed by atoms with Crippen LogP contribution < -0.4 is 11.1 Å². The van der Waals surface area contributed by atoms with Gasteiger partial charge in [-0.15, -0.1) is 0 Å². The average Bonchev–Trinajstić information content (AvgIpc) is 2.26. The molecule has 0 unspecified atom stereocenters. The van der Waals surface area contributed by atoms with Gasteiger partial charge in [0.15, 0.2) is 0 Å². The molecule has 0 radical (unpaired) electrons. The van der Waals surface area contributed by atoms with E-state index in [0.29, 0.717) is 11.1 Å². The van der Waals surface area contributed by atoms with Gasteiger partial charge in [0.2, 0.25) is 11.8 Å². The van der Waals surface area contributed by atoms with E-state index in [-0.39, 0.29) is 11.8 Å². The van der Waals surface area contributed by atoms with E-state index in [2.05, 4.69) is 5.32 Å². The Labute approximate surface area is 94.8 Å². The molecule has 0 aromatic heterocycles. The molecule has 0 aliphatic heterocycles. The second kappa shape index (κ2) is 4.79. The molecule has 0 aliphatic carbocycles. The third kappa shape index (κ3) is 2.39. The molecule has 4 heteroatoms. The summed E-state index contributed by atoms with van der Waals surface area (Å²) in [5, 5.41) is 2.55. The quantitative estimate of drug-likeness (QED) is 0.795. The van der Waals surface area contributed by atoms with E-state index in [1.165, 1.54) is 0 Å². The number of nitrogens with one attached hydrogen (secondary N) is 1. The number of likely N-dealkylation sites (N-methyl/N-ethyl adjacent to an activating group) is 1. The number of aryl methyl sites for hydroxylation is 1. The Morgan fingerprint density at radius 3 is 2.50 bits per heavy atom. The summed E-state index contributed by atoms with van der Waals surface area (Å²) in [4.78, 5) is 22.8. The fourth-order valence-electron chi connectivity index (χ4n) is 1.62. The van der Waals surface area contributed by atoms with E-state index in [4.69, 9.17) is 5.73 Å². The highest BCUT2D eigenvalue weighted by molar-refractivity contribution is 5.97. The summed E-state index contributed by atoms with van der Waals surface area (Å²) in [6, 6.07) is 5.34. The highest BCUT2D eigenvalue weighted by Gasteiger charge is 2.19. The molecule has 4 nitrogen and oxygen atoms in total. The van der Waals surface area contributed by atoms with Gasteiger partial charge < -0.3 is 11.1 Å². The zero-order valence-electron chi connectivity index (χ0n) is 9.70. The summed E-state index contributed by atoms with van der Waals surface area (Å²) in [7, 11) is 1.57. The lowest BCUT2D eigenvalue weighted by Crippen LogP contribution is -2.26. The largest absolute Gasteiger partial charge is 0.366 e. The fourth-order valence-corrected chi connectivity index (χ4v) is 1.62. The fraction of sp³-hybridized carbons (Fsp3) is 0.333. The first-order valence-corrected chi connectivity index (χ1v) is 5.09. The number of rotatable bonds is 3. The molecule has 16 heavy (non-hydrogen) atoms. The maximum atomic E-state index is 11.5. The predicted octanol–water partition coefficient (Wildman–Crippen LogP) is 0.943. The van der Waals surface area contributed by atoms with Gasteiger partial charge in [-0.3, -0.25) is 9.59 Å². The molecular weight excluding hydrogens is 204 g/mol. The minimum absolute atomic E-state index is 0.133. The Morgan fingerprint density at radius 1 is 1.38 bits per heavy atom. The number of primary amides is 1. The molecule has 0 aliphatic rings. The molecule has 2 amide bonds. The average molecular weight is 220 g/mol. The minimum atomic E-state index is -0.505. The van der Waals surface area contributed by atoms with Gasteiger partial charge in [-0.1, -0.05) is 17.7 Å². The monoisotopic (exact) mass is 220 g/mol. The lowest BCUT2D eigenvalue weighted by molar-refractivity contribution is -0.121. The second-order valence-corrected chi connectivity index (χ2v) is 3.79. The molecule has 86 valence electrons. The van der Waals surface area contributed by atoms with Crippen LogP contribution in [0.5, 0.6) is 0 Å². The Balaban J connectivity index is 3.22. The van der Waals surface area contributed by atoms with Gasteiger partial charge in [0.05, 0.1) is 5.92 Å². The molecule has 0 spiro atoms. The molecule has 0 saturated carbocycles. The van der Waals surface area contributed by atoms with Gasteiger partial charge >= 0.3 is 0 Å². The Kier molecular flexibility index (Phi) is 3.66. The van der Waals surface area contributed by atoms with Crippen LogP contribution in [0.15, 0.2) is 18.2 Å². The van der Waals surface area contributed by atoms with Crippen LogP contribution in [0.3, 0.4) is 0 Å². The number of hydrogen-bond donors (Lipinski definition) is 2. The lowest BCUT2D eigenvalue weighted by Gasteiger charge is -2.14. The summed E-state index contributed by atoms with van der Waals surface area (Å²) < 4.78 is 0. The number of carbonyl (C=O) groups is 2. The van der Waals surface area contributed by atoms with E-state index < -0.39 is 5.91 Å². The molecule has 1 atom stereocenters. The van der Waals surface area contributed by atoms with Crippen molar-refractivity contribution in [2.75, 3.05) is 7.05 Å². The molecule has 0 bridgehead atoms. The topological polar surface area (TPSA) is 72.2 Å². The SMILES string of the molecule is CNC(=O)[C@@H](C)c1ccc(C)cc1C(N)=O. The third-order valence-electron chi connectivity index (χ3n) is 2.58. The minimum Gasteiger partial charge on any atom is -0.366 e. The maximum Gasteiger partial charge on any atom is 0.249 e. The van der Waals surface area contributed by atoms with Crippen molar-refractivity contribution in [1.29, 1.82) is 0 Å². The summed E-state index contributed by atoms with van der Waals surface area (Å²) >= 11 is 0. The van der Waals surface area contributed by atoms with Crippen molar-refractivity contribution in [2.45, 2.75) is 19.8 Å². The zero-order chi connectivity index (χ0) is 12.3. The van der Waals surface area contributed by atoms with Gasteiger partial charge in [0.1, 0.15) is 0 Å². The highest BCUT2D eigenvalue weighted by atomic mass is 16.2. The zero-order valence-corrected chi connectivity index (χ0v) is 9.70. The van der Waals surface area contributed by atoms with Gasteiger partial charge in [-0.2, -0.15) is 0 Å². The number of amides is 2. The van der Waals surface area contributed by atoms with E-state index in [1.54, 1.807) is 26.1 Å².